The van der Waals surface area contributed by atoms with Gasteiger partial charge in [0.15, 0.2) is 11.6 Å². The molecule has 14 nitrogen and oxygen atoms in total. The van der Waals surface area contributed by atoms with Crippen molar-refractivity contribution in [3.63, 3.8) is 0 Å². The van der Waals surface area contributed by atoms with E-state index in [0.717, 1.165) is 68.0 Å². The third kappa shape index (κ3) is 9.48. The first-order valence-corrected chi connectivity index (χ1v) is 21.0. The van der Waals surface area contributed by atoms with E-state index < -0.39 is 12.1 Å². The lowest BCUT2D eigenvalue weighted by Crippen LogP contribution is -2.30. The molecule has 4 heterocycles. The van der Waals surface area contributed by atoms with Gasteiger partial charge in [0.2, 0.25) is 11.6 Å². The number of hydrogen-bond acceptors (Lipinski definition) is 10. The Kier molecular flexibility index (Phi) is 12.7. The normalized spacial score (nSPS) is 12.1. The van der Waals surface area contributed by atoms with Crippen LogP contribution < -0.4 is 10.6 Å². The first-order valence-electron chi connectivity index (χ1n) is 21.0. The Hall–Kier alpha value is -8.20. The van der Waals surface area contributed by atoms with Crippen LogP contribution in [0.15, 0.2) is 170 Å². The topological polar surface area (TPSA) is 199 Å². The van der Waals surface area contributed by atoms with Gasteiger partial charge in [-0.05, 0) is 57.7 Å². The molecule has 0 aliphatic heterocycles. The summed E-state index contributed by atoms with van der Waals surface area (Å²) in [5, 5.41) is 37.0. The molecule has 0 aliphatic carbocycles. The predicted molar refractivity (Wildman–Crippen MR) is 246 cm³/mol. The fourth-order valence-corrected chi connectivity index (χ4v) is 7.81. The molecule has 0 amide bonds. The van der Waals surface area contributed by atoms with E-state index in [9.17, 15) is 9.59 Å². The van der Waals surface area contributed by atoms with E-state index in [4.69, 9.17) is 0 Å². The van der Waals surface area contributed by atoms with Gasteiger partial charge < -0.3 is 20.6 Å². The minimum Gasteiger partial charge on any atom is -0.360 e. The second-order valence-electron chi connectivity index (χ2n) is 15.2. The molecule has 0 unspecified atom stereocenters. The van der Waals surface area contributed by atoms with Crippen LogP contribution in [0.3, 0.4) is 0 Å². The highest BCUT2D eigenvalue weighted by Gasteiger charge is 2.25. The fourth-order valence-electron chi connectivity index (χ4n) is 7.81. The van der Waals surface area contributed by atoms with Crippen LogP contribution in [0.5, 0.6) is 0 Å². The van der Waals surface area contributed by atoms with E-state index >= 15 is 0 Å². The van der Waals surface area contributed by atoms with E-state index in [1.54, 1.807) is 12.4 Å². The number of tetrazole rings is 2. The van der Waals surface area contributed by atoms with Crippen LogP contribution in [0.1, 0.15) is 55.1 Å². The predicted octanol–water partition coefficient (Wildman–Crippen LogP) is 8.21. The van der Waals surface area contributed by atoms with Crippen molar-refractivity contribution >= 4 is 33.4 Å². The number of nitrogens with zero attached hydrogens (tertiary/aromatic N) is 6. The van der Waals surface area contributed by atoms with Gasteiger partial charge in [0.1, 0.15) is 0 Å². The van der Waals surface area contributed by atoms with Gasteiger partial charge in [0.05, 0.1) is 12.1 Å². The van der Waals surface area contributed by atoms with Crippen LogP contribution in [0.2, 0.25) is 0 Å². The maximum atomic E-state index is 13.5. The molecule has 0 aliphatic rings. The van der Waals surface area contributed by atoms with Crippen LogP contribution in [-0.4, -0.2) is 75.9 Å². The number of carbonyl (C=O) groups excluding carboxylic acids is 2. The second kappa shape index (κ2) is 19.7. The molecule has 0 saturated heterocycles. The zero-order valence-electron chi connectivity index (χ0n) is 34.6. The summed E-state index contributed by atoms with van der Waals surface area (Å²) in [6, 6.07) is 50.7. The summed E-state index contributed by atoms with van der Waals surface area (Å²) in [6.45, 7) is 1.32. The number of hydrogen-bond donors (Lipinski definition) is 6. The number of ketones is 2. The Bertz CT molecular complexity index is 2830. The summed E-state index contributed by atoms with van der Waals surface area (Å²) in [5.74, 6) is 1.26. The summed E-state index contributed by atoms with van der Waals surface area (Å²) < 4.78 is 0. The number of carbonyl (C=O) groups is 2. The number of aromatic nitrogens is 10. The smallest absolute Gasteiger partial charge is 0.204 e. The summed E-state index contributed by atoms with van der Waals surface area (Å²) in [4.78, 5) is 33.5. The van der Waals surface area contributed by atoms with Crippen molar-refractivity contribution in [3.05, 3.63) is 203 Å². The van der Waals surface area contributed by atoms with Gasteiger partial charge in [0, 0.05) is 69.5 Å². The molecule has 2 atom stereocenters. The van der Waals surface area contributed by atoms with Crippen molar-refractivity contribution in [2.75, 3.05) is 13.1 Å². The third-order valence-corrected chi connectivity index (χ3v) is 11.1. The van der Waals surface area contributed by atoms with Gasteiger partial charge in [-0.1, -0.05) is 146 Å². The van der Waals surface area contributed by atoms with Gasteiger partial charge >= 0.3 is 0 Å². The fraction of sp³-hybridized carbons (Fsp3) is 0.120. The molecule has 6 N–H and O–H groups in total. The van der Waals surface area contributed by atoms with Crippen molar-refractivity contribution < 1.29 is 9.59 Å². The van der Waals surface area contributed by atoms with Gasteiger partial charge in [-0.2, -0.15) is 10.4 Å². The largest absolute Gasteiger partial charge is 0.360 e. The number of aromatic amines is 4. The molecule has 0 fully saturated rings. The lowest BCUT2D eigenvalue weighted by Gasteiger charge is -2.18. The second-order valence-corrected chi connectivity index (χ2v) is 15.2. The molecule has 0 spiro atoms. The van der Waals surface area contributed by atoms with E-state index in [1.165, 1.54) is 0 Å². The van der Waals surface area contributed by atoms with E-state index in [-0.39, 0.29) is 11.6 Å². The van der Waals surface area contributed by atoms with Crippen molar-refractivity contribution in [2.45, 2.75) is 24.9 Å². The zero-order valence-corrected chi connectivity index (χ0v) is 34.6. The molecule has 0 bridgehead atoms. The third-order valence-electron chi connectivity index (χ3n) is 11.1. The standard InChI is InChI=1S/2C25H22N6O/c2*32-24(21-16-27-22-9-5-4-8-20(21)22)23(18-6-2-1-3-7-18)26-15-14-17-10-12-19(13-11-17)25-28-30-31-29-25/h2*1-13,16,23,26-27H,14-15H2,(H,28,29,30,31)/t2*23-/m10/s1. The first kappa shape index (κ1) is 41.2. The Balaban J connectivity index is 0.000000162. The minimum absolute atomic E-state index is 0.0566. The number of para-hydroxylation sites is 2. The molecule has 10 aromatic rings. The number of nitrogens with one attached hydrogen (secondary N) is 6. The lowest BCUT2D eigenvalue weighted by molar-refractivity contribution is 0.0937. The highest BCUT2D eigenvalue weighted by molar-refractivity contribution is 6.11. The molecule has 14 heteroatoms. The van der Waals surface area contributed by atoms with E-state index in [1.807, 2.05) is 158 Å². The van der Waals surface area contributed by atoms with Gasteiger partial charge in [-0.15, -0.1) is 20.4 Å². The molecule has 64 heavy (non-hydrogen) atoms. The highest BCUT2D eigenvalue weighted by Crippen LogP contribution is 2.27. The molecule has 4 aromatic heterocycles. The van der Waals surface area contributed by atoms with Crippen molar-refractivity contribution in [1.29, 1.82) is 0 Å². The molecule has 316 valence electrons. The maximum Gasteiger partial charge on any atom is 0.204 e. The monoisotopic (exact) mass is 844 g/mol. The Morgan fingerprint density at radius 2 is 0.859 bits per heavy atom. The van der Waals surface area contributed by atoms with Gasteiger partial charge in [-0.25, -0.2) is 0 Å². The summed E-state index contributed by atoms with van der Waals surface area (Å²) in [5.41, 5.74) is 9.38. The lowest BCUT2D eigenvalue weighted by atomic mass is 9.96. The average molecular weight is 845 g/mol. The van der Waals surface area contributed by atoms with Crippen LogP contribution >= 0.6 is 0 Å². The SMILES string of the molecule is O=C(c1c[nH]c2ccccc12)[C@@H](NCCc1ccc(-c2nn[nH]n2)cc1)c1ccccc1.O=C(c1c[nH]c2ccccc12)[C@H](NCCc1ccc(-c2nn[nH]n2)cc1)c1ccccc1. The number of Topliss-reactive ketones (excluding diaryl/α,β-unsaturated/α-hetero) is 2. The summed E-state index contributed by atoms with van der Waals surface area (Å²) in [6.07, 6.45) is 5.19. The summed E-state index contributed by atoms with van der Waals surface area (Å²) >= 11 is 0. The first-order chi connectivity index (χ1) is 31.6. The molecular formula is C50H44N12O2. The molecule has 10 rings (SSSR count). The molecule has 6 aromatic carbocycles. The maximum absolute atomic E-state index is 13.5. The van der Waals surface area contributed by atoms with E-state index in [0.29, 0.717) is 35.9 Å². The van der Waals surface area contributed by atoms with Crippen molar-refractivity contribution in [1.82, 2.24) is 61.8 Å². The Morgan fingerprint density at radius 1 is 0.469 bits per heavy atom. The quantitative estimate of drug-likeness (QED) is 0.0516. The molecular weight excluding hydrogens is 801 g/mol. The van der Waals surface area contributed by atoms with E-state index in [2.05, 4.69) is 61.8 Å². The van der Waals surface area contributed by atoms with Crippen molar-refractivity contribution in [3.8, 4) is 22.8 Å². The number of benzene rings is 6. The van der Waals surface area contributed by atoms with Crippen LogP contribution in [0, 0.1) is 0 Å². The van der Waals surface area contributed by atoms with Crippen LogP contribution in [0.4, 0.5) is 0 Å². The van der Waals surface area contributed by atoms with Crippen LogP contribution in [-0.2, 0) is 12.8 Å². The zero-order chi connectivity index (χ0) is 43.5. The molecule has 0 saturated carbocycles. The molecule has 0 radical (unpaired) electrons. The number of H-pyrrole nitrogens is 4. The van der Waals surface area contributed by atoms with Gasteiger partial charge in [-0.3, -0.25) is 9.59 Å². The number of rotatable bonds is 16. The van der Waals surface area contributed by atoms with Crippen LogP contribution in [0.25, 0.3) is 44.6 Å². The van der Waals surface area contributed by atoms with Crippen molar-refractivity contribution in [2.24, 2.45) is 0 Å². The Labute approximate surface area is 368 Å². The summed E-state index contributed by atoms with van der Waals surface area (Å²) in [7, 11) is 0. The highest BCUT2D eigenvalue weighted by atomic mass is 16.1. The average Bonchev–Trinajstić information content (AvgIpc) is 4.21. The Morgan fingerprint density at radius 3 is 1.25 bits per heavy atom. The number of fused-ring (bicyclic) bond motifs is 2. The minimum atomic E-state index is -0.422. The van der Waals surface area contributed by atoms with Gasteiger partial charge in [0.25, 0.3) is 0 Å².